The van der Waals surface area contributed by atoms with Crippen LogP contribution in [0.5, 0.6) is 11.5 Å². The summed E-state index contributed by atoms with van der Waals surface area (Å²) in [7, 11) is 5.78. The van der Waals surface area contributed by atoms with E-state index < -0.39 is 0 Å². The fraction of sp³-hybridized carbons (Fsp3) is 0.368. The number of nitrogens with zero attached hydrogens (tertiary/aromatic N) is 1. The Hall–Kier alpha value is -2.05. The number of hydrogen-bond donors (Lipinski definition) is 3. The van der Waals surface area contributed by atoms with Crippen LogP contribution in [-0.4, -0.2) is 44.3 Å². The topological polar surface area (TPSA) is 70.8 Å². The zero-order valence-corrected chi connectivity index (χ0v) is 15.7. The molecule has 1 heterocycles. The van der Waals surface area contributed by atoms with E-state index in [1.165, 1.54) is 17.3 Å². The average Bonchev–Trinajstić information content (AvgIpc) is 2.59. The molecular weight excluding hydrogens is 334 g/mol. The van der Waals surface area contributed by atoms with Gasteiger partial charge in [0.2, 0.25) is 0 Å². The number of ether oxygens (including phenoxy) is 1. The lowest BCUT2D eigenvalue weighted by Gasteiger charge is -2.25. The van der Waals surface area contributed by atoms with Gasteiger partial charge in [-0.25, -0.2) is 0 Å². The first-order chi connectivity index (χ1) is 12.0. The molecule has 0 bridgehead atoms. The summed E-state index contributed by atoms with van der Waals surface area (Å²) in [5.74, 6) is 0.915. The normalized spacial score (nSPS) is 12.6. The Kier molecular flexibility index (Phi) is 5.30. The van der Waals surface area contributed by atoms with Crippen LogP contribution in [0.25, 0.3) is 0 Å². The van der Waals surface area contributed by atoms with Crippen molar-refractivity contribution < 1.29 is 9.84 Å². The monoisotopic (exact) mass is 359 g/mol. The van der Waals surface area contributed by atoms with Crippen molar-refractivity contribution in [1.29, 1.82) is 0 Å². The molecule has 0 fully saturated rings. The van der Waals surface area contributed by atoms with Crippen LogP contribution in [0.3, 0.4) is 0 Å². The summed E-state index contributed by atoms with van der Waals surface area (Å²) >= 11 is 1.53. The minimum Gasteiger partial charge on any atom is -0.507 e. The van der Waals surface area contributed by atoms with Gasteiger partial charge in [0.25, 0.3) is 0 Å². The molecule has 1 aliphatic heterocycles. The van der Waals surface area contributed by atoms with Gasteiger partial charge in [-0.05, 0) is 56.4 Å². The molecule has 0 atom stereocenters. The van der Waals surface area contributed by atoms with E-state index in [1.54, 1.807) is 13.2 Å². The Morgan fingerprint density at radius 1 is 1.28 bits per heavy atom. The molecule has 2 aromatic carbocycles. The second kappa shape index (κ2) is 7.45. The van der Waals surface area contributed by atoms with Crippen LogP contribution in [0.2, 0.25) is 0 Å². The molecule has 3 rings (SSSR count). The smallest absolute Gasteiger partial charge is 0.133 e. The van der Waals surface area contributed by atoms with E-state index >= 15 is 0 Å². The number of methoxy groups -OCH3 is 1. The molecule has 0 aromatic heterocycles. The molecular formula is C19H25N3O2S. The fourth-order valence-corrected chi connectivity index (χ4v) is 4.15. The predicted octanol–water partition coefficient (Wildman–Crippen LogP) is 3.40. The number of hydrogen-bond acceptors (Lipinski definition) is 6. The Morgan fingerprint density at radius 2 is 2.08 bits per heavy atom. The van der Waals surface area contributed by atoms with Gasteiger partial charge in [-0.3, -0.25) is 0 Å². The van der Waals surface area contributed by atoms with Crippen LogP contribution in [-0.2, 0) is 6.42 Å². The largest absolute Gasteiger partial charge is 0.507 e. The van der Waals surface area contributed by atoms with Crippen LogP contribution in [0.15, 0.2) is 34.1 Å². The minimum atomic E-state index is 0.244. The summed E-state index contributed by atoms with van der Waals surface area (Å²) in [6.07, 6.45) is 1.80. The highest BCUT2D eigenvalue weighted by Gasteiger charge is 2.24. The van der Waals surface area contributed by atoms with Crippen molar-refractivity contribution >= 4 is 23.1 Å². The number of benzene rings is 2. The van der Waals surface area contributed by atoms with Crippen molar-refractivity contribution in [2.75, 3.05) is 45.3 Å². The van der Waals surface area contributed by atoms with E-state index in [0.29, 0.717) is 5.75 Å². The lowest BCUT2D eigenvalue weighted by molar-refractivity contribution is 0.404. The van der Waals surface area contributed by atoms with Gasteiger partial charge >= 0.3 is 0 Å². The summed E-state index contributed by atoms with van der Waals surface area (Å²) in [5.41, 5.74) is 10.3. The van der Waals surface area contributed by atoms with Crippen molar-refractivity contribution in [2.24, 2.45) is 0 Å². The van der Waals surface area contributed by atoms with Crippen LogP contribution >= 0.6 is 11.8 Å². The number of nitrogen functional groups attached to an aromatic ring is 1. The van der Waals surface area contributed by atoms with Crippen LogP contribution in [0.1, 0.15) is 17.5 Å². The fourth-order valence-electron chi connectivity index (χ4n) is 3.03. The summed E-state index contributed by atoms with van der Waals surface area (Å²) in [4.78, 5) is 4.08. The van der Waals surface area contributed by atoms with E-state index in [0.717, 1.165) is 52.7 Å². The van der Waals surface area contributed by atoms with Crippen LogP contribution < -0.4 is 15.8 Å². The third-order valence-electron chi connectivity index (χ3n) is 4.32. The summed E-state index contributed by atoms with van der Waals surface area (Å²) in [6, 6.07) is 7.63. The van der Waals surface area contributed by atoms with E-state index in [2.05, 4.69) is 30.4 Å². The molecule has 0 radical (unpaired) electrons. The highest BCUT2D eigenvalue weighted by Crippen LogP contribution is 2.49. The number of anilines is 2. The molecule has 0 spiro atoms. The van der Waals surface area contributed by atoms with E-state index in [-0.39, 0.29) is 5.75 Å². The second-order valence-electron chi connectivity index (χ2n) is 6.51. The van der Waals surface area contributed by atoms with Gasteiger partial charge in [0.15, 0.2) is 0 Å². The number of phenolic OH excluding ortho intramolecular Hbond substituents is 1. The molecule has 4 N–H and O–H groups in total. The Labute approximate surface area is 153 Å². The first-order valence-electron chi connectivity index (χ1n) is 8.37. The van der Waals surface area contributed by atoms with Crippen molar-refractivity contribution in [2.45, 2.75) is 22.6 Å². The van der Waals surface area contributed by atoms with E-state index in [4.69, 9.17) is 10.5 Å². The molecule has 0 saturated heterocycles. The Balaban J connectivity index is 1.87. The van der Waals surface area contributed by atoms with Gasteiger partial charge in [0, 0.05) is 35.3 Å². The molecule has 1 aliphatic rings. The van der Waals surface area contributed by atoms with Crippen molar-refractivity contribution in [1.82, 2.24) is 4.90 Å². The maximum absolute atomic E-state index is 10.3. The number of rotatable bonds is 6. The van der Waals surface area contributed by atoms with Gasteiger partial charge in [0.05, 0.1) is 12.0 Å². The minimum absolute atomic E-state index is 0.244. The maximum atomic E-state index is 10.3. The molecule has 0 saturated carbocycles. The zero-order valence-electron chi connectivity index (χ0n) is 14.9. The Morgan fingerprint density at radius 3 is 2.80 bits per heavy atom. The second-order valence-corrected chi connectivity index (χ2v) is 7.53. The molecule has 0 unspecified atom stereocenters. The van der Waals surface area contributed by atoms with Gasteiger partial charge in [-0.1, -0.05) is 11.8 Å². The van der Waals surface area contributed by atoms with E-state index in [1.807, 2.05) is 12.1 Å². The molecule has 0 aliphatic carbocycles. The van der Waals surface area contributed by atoms with Crippen molar-refractivity contribution in [3.8, 4) is 11.5 Å². The summed E-state index contributed by atoms with van der Waals surface area (Å²) < 4.78 is 5.29. The molecule has 6 heteroatoms. The number of aromatic hydroxyl groups is 1. The molecule has 2 aromatic rings. The molecule has 5 nitrogen and oxygen atoms in total. The van der Waals surface area contributed by atoms with Gasteiger partial charge < -0.3 is 25.8 Å². The standard InChI is InChI=1S/C19H25N3O2S/c1-22(2)8-4-7-21-16-6-5-15(20)19-14(16)10-12-9-13(24-3)11-17(23)18(12)25-19/h5-6,9,11,21,23H,4,7-8,10,20H2,1-3H3. The Bertz CT molecular complexity index is 778. The summed E-state index contributed by atoms with van der Waals surface area (Å²) in [6.45, 7) is 1.96. The van der Waals surface area contributed by atoms with Gasteiger partial charge in [0.1, 0.15) is 11.5 Å². The van der Waals surface area contributed by atoms with E-state index in [9.17, 15) is 5.11 Å². The summed E-state index contributed by atoms with van der Waals surface area (Å²) in [5, 5.41) is 13.9. The quantitative estimate of drug-likeness (QED) is 0.463. The lowest BCUT2D eigenvalue weighted by Crippen LogP contribution is -2.17. The van der Waals surface area contributed by atoms with Crippen molar-refractivity contribution in [3.63, 3.8) is 0 Å². The van der Waals surface area contributed by atoms with Crippen molar-refractivity contribution in [3.05, 3.63) is 35.4 Å². The van der Waals surface area contributed by atoms with Gasteiger partial charge in [-0.2, -0.15) is 0 Å². The van der Waals surface area contributed by atoms with Crippen LogP contribution in [0.4, 0.5) is 11.4 Å². The number of phenols is 1. The first kappa shape index (κ1) is 17.8. The average molecular weight is 359 g/mol. The number of fused-ring (bicyclic) bond motifs is 2. The molecule has 0 amide bonds. The lowest BCUT2D eigenvalue weighted by atomic mass is 10.0. The maximum Gasteiger partial charge on any atom is 0.133 e. The third kappa shape index (κ3) is 3.80. The number of nitrogens with one attached hydrogen (secondary N) is 1. The van der Waals surface area contributed by atoms with Crippen LogP contribution in [0, 0.1) is 0 Å². The predicted molar refractivity (Wildman–Crippen MR) is 104 cm³/mol. The molecule has 25 heavy (non-hydrogen) atoms. The number of nitrogens with two attached hydrogens (primary N) is 1. The highest BCUT2D eigenvalue weighted by molar-refractivity contribution is 7.99. The van der Waals surface area contributed by atoms with Gasteiger partial charge in [-0.15, -0.1) is 0 Å². The highest BCUT2D eigenvalue weighted by atomic mass is 32.2. The third-order valence-corrected chi connectivity index (χ3v) is 5.68. The zero-order chi connectivity index (χ0) is 18.0. The molecule has 134 valence electrons. The SMILES string of the molecule is COc1cc(O)c2c(c1)Cc1c(NCCCN(C)C)ccc(N)c1S2. The first-order valence-corrected chi connectivity index (χ1v) is 9.19.